The SMILES string of the molecule is C.C.CC(C)(C)OC(=O)CC(=O)N[C@H]1CCOC1=O.CC(C)(C)OC(=O)CC(=O)N[C@H]1CCOC1=O.CC(C)(C)OC(=O)CC(=O)O.Cl.NC1CCOC1=O.O=C(O)CC(=O)N[C@H]1CCOC1=O. The third kappa shape index (κ3) is 35.1. The molecule has 3 amide bonds. The normalized spacial score (nSPS) is 18.7. The number of carbonyl (C=O) groups is 12. The number of ether oxygens (including phenoxy) is 7. The molecule has 4 atom stereocenters. The first-order valence-corrected chi connectivity index (χ1v) is 20.2. The largest absolute Gasteiger partial charge is 0.481 e. The predicted octanol–water partition coefficient (Wildman–Crippen LogP) is 0.950. The lowest BCUT2D eigenvalue weighted by Gasteiger charge is -2.19. The van der Waals surface area contributed by atoms with Crippen LogP contribution in [0.15, 0.2) is 0 Å². The molecule has 0 aliphatic carbocycles. The summed E-state index contributed by atoms with van der Waals surface area (Å²) in [4.78, 5) is 130. The fourth-order valence-electron chi connectivity index (χ4n) is 4.78. The maximum absolute atomic E-state index is 11.4. The number of carboxylic acids is 2. The van der Waals surface area contributed by atoms with Gasteiger partial charge in [-0.05, 0) is 62.3 Å². The number of hydrogen-bond donors (Lipinski definition) is 6. The highest BCUT2D eigenvalue weighted by atomic mass is 35.5. The molecule has 0 saturated carbocycles. The zero-order chi connectivity index (χ0) is 50.3. The third-order valence-corrected chi connectivity index (χ3v) is 7.26. The molecule has 25 nitrogen and oxygen atoms in total. The molecular formula is C42H71ClN4O21. The smallest absolute Gasteiger partial charge is 0.328 e. The summed E-state index contributed by atoms with van der Waals surface area (Å²) in [5.41, 5.74) is 3.36. The summed E-state index contributed by atoms with van der Waals surface area (Å²) in [5, 5.41) is 23.6. The summed E-state index contributed by atoms with van der Waals surface area (Å²) in [7, 11) is 0. The number of rotatable bonds is 11. The van der Waals surface area contributed by atoms with Gasteiger partial charge >= 0.3 is 53.7 Å². The van der Waals surface area contributed by atoms with Crippen LogP contribution in [0.2, 0.25) is 0 Å². The Balaban J connectivity index is -0.000000382. The van der Waals surface area contributed by atoms with Gasteiger partial charge < -0.3 is 65.1 Å². The van der Waals surface area contributed by atoms with E-state index in [-0.39, 0.29) is 58.7 Å². The van der Waals surface area contributed by atoms with Gasteiger partial charge in [0.2, 0.25) is 17.7 Å². The van der Waals surface area contributed by atoms with Gasteiger partial charge in [0, 0.05) is 25.7 Å². The van der Waals surface area contributed by atoms with E-state index in [1.165, 1.54) is 0 Å². The fraction of sp³-hybridized carbons (Fsp3) is 0.714. The van der Waals surface area contributed by atoms with Gasteiger partial charge in [-0.1, -0.05) is 14.9 Å². The zero-order valence-electron chi connectivity index (χ0n) is 38.4. The number of carbonyl (C=O) groups excluding carboxylic acids is 10. The van der Waals surface area contributed by atoms with E-state index >= 15 is 0 Å². The van der Waals surface area contributed by atoms with Crippen molar-refractivity contribution in [2.24, 2.45) is 5.73 Å². The van der Waals surface area contributed by atoms with Gasteiger partial charge in [-0.15, -0.1) is 12.4 Å². The van der Waals surface area contributed by atoms with E-state index in [1.54, 1.807) is 62.3 Å². The highest BCUT2D eigenvalue weighted by molar-refractivity contribution is 5.97. The maximum atomic E-state index is 11.4. The van der Waals surface area contributed by atoms with Crippen molar-refractivity contribution in [2.45, 2.75) is 170 Å². The van der Waals surface area contributed by atoms with Crippen LogP contribution in [0.5, 0.6) is 0 Å². The fourth-order valence-corrected chi connectivity index (χ4v) is 4.78. The van der Waals surface area contributed by atoms with Crippen molar-refractivity contribution in [1.29, 1.82) is 0 Å². The molecule has 1 unspecified atom stereocenters. The van der Waals surface area contributed by atoms with Crippen molar-refractivity contribution < 1.29 is 101 Å². The number of halogens is 1. The van der Waals surface area contributed by atoms with Gasteiger partial charge in [0.15, 0.2) is 0 Å². The third-order valence-electron chi connectivity index (χ3n) is 7.26. The van der Waals surface area contributed by atoms with Crippen molar-refractivity contribution in [3.8, 4) is 0 Å². The van der Waals surface area contributed by atoms with E-state index in [0.29, 0.717) is 45.5 Å². The first-order chi connectivity index (χ1) is 29.8. The molecule has 0 aromatic carbocycles. The average molecular weight is 1000 g/mol. The summed E-state index contributed by atoms with van der Waals surface area (Å²) >= 11 is 0. The first kappa shape index (κ1) is 68.5. The number of carboxylic acid groups (broad SMARTS) is 2. The van der Waals surface area contributed by atoms with Crippen LogP contribution in [0.1, 0.15) is 129 Å². The Bertz CT molecular complexity index is 1670. The molecule has 7 N–H and O–H groups in total. The number of hydrogen-bond acceptors (Lipinski definition) is 20. The summed E-state index contributed by atoms with van der Waals surface area (Å²) in [6.45, 7) is 16.8. The van der Waals surface area contributed by atoms with E-state index in [0.717, 1.165) is 0 Å². The predicted molar refractivity (Wildman–Crippen MR) is 238 cm³/mol. The molecule has 26 heteroatoms. The second kappa shape index (κ2) is 32.6. The van der Waals surface area contributed by atoms with Crippen molar-refractivity contribution in [3.63, 3.8) is 0 Å². The standard InChI is InChI=1S/2C11H17NO5.C7H9NO5.C7H12O4.C4H7NO2.2CH4.ClH/c2*1-11(2,3)17-9(14)6-8(13)12-7-4-5-16-10(7)15;9-5(3-6(10)11)8-4-1-2-13-7(4)12;1-7(2,3)11-6(10)4-5(8)9;5-3-1-2-7-4(3)6;;;/h2*7H,4-6H2,1-3H3,(H,12,13);4H,1-3H2,(H,8,9)(H,10,11);4H2,1-3H3,(H,8,9);3H,1-2,5H2;2*1H4;1H/t2*7-;4-;;;;;/m000...../s1. The highest BCUT2D eigenvalue weighted by Gasteiger charge is 2.31. The molecule has 4 aliphatic rings. The van der Waals surface area contributed by atoms with Crippen LogP contribution in [0.3, 0.4) is 0 Å². The molecular weight excluding hydrogens is 932 g/mol. The molecule has 4 saturated heterocycles. The minimum Gasteiger partial charge on any atom is -0.481 e. The van der Waals surface area contributed by atoms with Gasteiger partial charge in [0.05, 0.1) is 26.4 Å². The van der Waals surface area contributed by atoms with Crippen LogP contribution in [0, 0.1) is 0 Å². The summed E-state index contributed by atoms with van der Waals surface area (Å²) < 4.78 is 33.1. The van der Waals surface area contributed by atoms with Crippen LogP contribution >= 0.6 is 12.4 Å². The molecule has 0 aromatic rings. The molecule has 68 heavy (non-hydrogen) atoms. The Kier molecular flexibility index (Phi) is 32.8. The van der Waals surface area contributed by atoms with Gasteiger partial charge in [-0.25, -0.2) is 14.4 Å². The molecule has 4 rings (SSSR count). The minimum atomic E-state index is -1.22. The second-order valence-corrected chi connectivity index (χ2v) is 17.0. The van der Waals surface area contributed by atoms with Gasteiger partial charge in [-0.2, -0.15) is 0 Å². The van der Waals surface area contributed by atoms with Crippen LogP contribution in [-0.2, 0) is 90.7 Å². The number of esters is 7. The highest BCUT2D eigenvalue weighted by Crippen LogP contribution is 2.12. The monoisotopic (exact) mass is 1000 g/mol. The molecule has 392 valence electrons. The Morgan fingerprint density at radius 1 is 0.485 bits per heavy atom. The van der Waals surface area contributed by atoms with E-state index in [4.69, 9.17) is 30.2 Å². The number of amides is 3. The average Bonchev–Trinajstić information content (AvgIpc) is 3.90. The van der Waals surface area contributed by atoms with E-state index in [2.05, 4.69) is 34.9 Å². The Morgan fingerprint density at radius 2 is 0.735 bits per heavy atom. The van der Waals surface area contributed by atoms with Crippen molar-refractivity contribution in [3.05, 3.63) is 0 Å². The van der Waals surface area contributed by atoms with E-state index < -0.39 is 113 Å². The molecule has 0 radical (unpaired) electrons. The van der Waals surface area contributed by atoms with Crippen LogP contribution in [0.4, 0.5) is 0 Å². The molecule has 0 spiro atoms. The lowest BCUT2D eigenvalue weighted by Crippen LogP contribution is -2.39. The quantitative estimate of drug-likeness (QED) is 0.0953. The van der Waals surface area contributed by atoms with E-state index in [1.807, 2.05) is 0 Å². The lowest BCUT2D eigenvalue weighted by atomic mass is 10.2. The number of nitrogens with two attached hydrogens (primary N) is 1. The maximum Gasteiger partial charge on any atom is 0.328 e. The van der Waals surface area contributed by atoms with Gasteiger partial charge in [-0.3, -0.25) is 43.2 Å². The topological polar surface area (TPSA) is 372 Å². The minimum absolute atomic E-state index is 0. The summed E-state index contributed by atoms with van der Waals surface area (Å²) in [6.07, 6.45) is 0.00393. The molecule has 4 fully saturated rings. The lowest BCUT2D eigenvalue weighted by molar-refractivity contribution is -0.160. The van der Waals surface area contributed by atoms with Crippen molar-refractivity contribution >= 4 is 83.9 Å². The molecule has 4 heterocycles. The van der Waals surface area contributed by atoms with Crippen molar-refractivity contribution in [2.75, 3.05) is 26.4 Å². The molecule has 4 aliphatic heterocycles. The van der Waals surface area contributed by atoms with Crippen LogP contribution < -0.4 is 21.7 Å². The Labute approximate surface area is 401 Å². The second-order valence-electron chi connectivity index (χ2n) is 17.0. The van der Waals surface area contributed by atoms with Gasteiger partial charge in [0.1, 0.15) is 66.7 Å². The molecule has 0 bridgehead atoms. The zero-order valence-corrected chi connectivity index (χ0v) is 39.2. The number of nitrogens with one attached hydrogen (secondary N) is 3. The number of aliphatic carboxylic acids is 2. The summed E-state index contributed by atoms with van der Waals surface area (Å²) in [6, 6.07) is -2.29. The van der Waals surface area contributed by atoms with E-state index in [9.17, 15) is 57.5 Å². The Hall–Kier alpha value is -6.11. The van der Waals surface area contributed by atoms with Gasteiger partial charge in [0.25, 0.3) is 0 Å². The summed E-state index contributed by atoms with van der Waals surface area (Å²) in [5.74, 6) is -7.71. The van der Waals surface area contributed by atoms with Crippen LogP contribution in [-0.4, -0.2) is 149 Å². The Morgan fingerprint density at radius 3 is 0.926 bits per heavy atom. The first-order valence-electron chi connectivity index (χ1n) is 20.2. The van der Waals surface area contributed by atoms with Crippen LogP contribution in [0.25, 0.3) is 0 Å². The molecule has 0 aromatic heterocycles. The number of cyclic esters (lactones) is 4. The van der Waals surface area contributed by atoms with Crippen molar-refractivity contribution in [1.82, 2.24) is 16.0 Å².